The van der Waals surface area contributed by atoms with Crippen molar-refractivity contribution in [2.24, 2.45) is 0 Å². The number of amides is 2. The molecule has 2 amide bonds. The number of benzene rings is 3. The number of nitrogens with one attached hydrogen (secondary N) is 2. The Morgan fingerprint density at radius 3 is 2.53 bits per heavy atom. The minimum atomic E-state index is -0.235. The molecule has 0 saturated heterocycles. The van der Waals surface area contributed by atoms with Crippen molar-refractivity contribution in [3.63, 3.8) is 0 Å². The first-order valence-electron chi connectivity index (χ1n) is 10.4. The lowest BCUT2D eigenvalue weighted by atomic mass is 10.1. The third kappa shape index (κ3) is 4.80. The highest BCUT2D eigenvalue weighted by Crippen LogP contribution is 2.27. The second-order valence-corrected chi connectivity index (χ2v) is 7.59. The predicted molar refractivity (Wildman–Crippen MR) is 120 cm³/mol. The van der Waals surface area contributed by atoms with E-state index in [0.717, 1.165) is 24.3 Å². The van der Waals surface area contributed by atoms with Crippen molar-refractivity contribution in [1.29, 1.82) is 0 Å². The van der Waals surface area contributed by atoms with E-state index in [1.807, 2.05) is 24.3 Å². The molecule has 3 aromatic carbocycles. The van der Waals surface area contributed by atoms with E-state index in [1.165, 1.54) is 18.2 Å². The summed E-state index contributed by atoms with van der Waals surface area (Å²) in [4.78, 5) is 25.3. The molecule has 1 aliphatic rings. The Morgan fingerprint density at radius 2 is 1.72 bits per heavy atom. The molecule has 0 fully saturated rings. The number of methoxy groups -OCH3 is 2. The zero-order valence-corrected chi connectivity index (χ0v) is 18.1. The molecular weight excluding hydrogens is 406 g/mol. The van der Waals surface area contributed by atoms with Crippen LogP contribution in [0.15, 0.2) is 60.7 Å². The smallest absolute Gasteiger partial charge is 0.347 e. The van der Waals surface area contributed by atoms with Gasteiger partial charge in [-0.15, -0.1) is 0 Å². The van der Waals surface area contributed by atoms with Crippen LogP contribution in [0.4, 0.5) is 5.69 Å². The van der Waals surface area contributed by atoms with Gasteiger partial charge in [-0.25, -0.2) is 10.1 Å². The van der Waals surface area contributed by atoms with Gasteiger partial charge in [-0.2, -0.15) is 0 Å². The van der Waals surface area contributed by atoms with Crippen molar-refractivity contribution in [3.05, 3.63) is 88.5 Å². The van der Waals surface area contributed by atoms with Crippen LogP contribution < -0.4 is 25.4 Å². The first-order valence-corrected chi connectivity index (χ1v) is 10.4. The van der Waals surface area contributed by atoms with Crippen LogP contribution in [0.25, 0.3) is 0 Å². The Morgan fingerprint density at radius 1 is 0.906 bits per heavy atom. The summed E-state index contributed by atoms with van der Waals surface area (Å²) in [5.41, 5.74) is 5.30. The summed E-state index contributed by atoms with van der Waals surface area (Å²) < 4.78 is 10.5. The van der Waals surface area contributed by atoms with Crippen LogP contribution in [-0.4, -0.2) is 26.0 Å². The van der Waals surface area contributed by atoms with Gasteiger partial charge in [0, 0.05) is 31.3 Å². The van der Waals surface area contributed by atoms with Gasteiger partial charge >= 0.3 is 5.91 Å². The van der Waals surface area contributed by atoms with Gasteiger partial charge in [0.1, 0.15) is 5.69 Å². The average Bonchev–Trinajstić information content (AvgIpc) is 3.30. The van der Waals surface area contributed by atoms with Gasteiger partial charge in [-0.3, -0.25) is 4.79 Å². The SMILES string of the molecule is COc1ccc(C(=O)NCc2cccc(C(=O)[NH2+]c3ccc4c(c3)CNC4)c2)cc1OC. The molecule has 7 heteroatoms. The summed E-state index contributed by atoms with van der Waals surface area (Å²) in [5, 5.41) is 7.84. The van der Waals surface area contributed by atoms with Gasteiger partial charge in [0.15, 0.2) is 11.5 Å². The fourth-order valence-corrected chi connectivity index (χ4v) is 3.74. The number of primary amides is 1. The summed E-state index contributed by atoms with van der Waals surface area (Å²) in [6.45, 7) is 2.01. The first-order chi connectivity index (χ1) is 15.6. The Bertz CT molecular complexity index is 1160. The number of ether oxygens (including phenoxy) is 2. The molecule has 7 nitrogen and oxygen atoms in total. The lowest BCUT2D eigenvalue weighted by molar-refractivity contribution is -0.464. The van der Waals surface area contributed by atoms with Gasteiger partial charge in [0.05, 0.1) is 19.8 Å². The summed E-state index contributed by atoms with van der Waals surface area (Å²) in [7, 11) is 3.07. The third-order valence-electron chi connectivity index (χ3n) is 5.47. The topological polar surface area (TPSA) is 93.3 Å². The molecule has 0 saturated carbocycles. The van der Waals surface area contributed by atoms with E-state index in [4.69, 9.17) is 9.47 Å². The van der Waals surface area contributed by atoms with Gasteiger partial charge in [0.25, 0.3) is 5.91 Å². The van der Waals surface area contributed by atoms with E-state index < -0.39 is 0 Å². The molecule has 4 rings (SSSR count). The number of rotatable bonds is 7. The number of quaternary nitrogens is 1. The van der Waals surface area contributed by atoms with Gasteiger partial charge in [-0.1, -0.05) is 18.2 Å². The second-order valence-electron chi connectivity index (χ2n) is 7.59. The maximum atomic E-state index is 12.8. The van der Waals surface area contributed by atoms with Crippen LogP contribution in [0.5, 0.6) is 11.5 Å². The monoisotopic (exact) mass is 432 g/mol. The average molecular weight is 433 g/mol. The van der Waals surface area contributed by atoms with E-state index >= 15 is 0 Å². The lowest BCUT2D eigenvalue weighted by Gasteiger charge is -2.10. The predicted octanol–water partition coefficient (Wildman–Crippen LogP) is 2.27. The molecule has 0 aromatic heterocycles. The number of carbonyl (C=O) groups is 2. The number of carbonyl (C=O) groups excluding carboxylic acids is 2. The molecule has 1 aliphatic heterocycles. The summed E-state index contributed by atoms with van der Waals surface area (Å²) in [6, 6.07) is 18.4. The number of nitrogens with two attached hydrogens (primary N) is 1. The Balaban J connectivity index is 1.39. The minimum Gasteiger partial charge on any atom is -0.493 e. The number of hydrogen-bond acceptors (Lipinski definition) is 5. The van der Waals surface area contributed by atoms with E-state index in [-0.39, 0.29) is 11.8 Å². The molecule has 1 heterocycles. The van der Waals surface area contributed by atoms with Crippen molar-refractivity contribution >= 4 is 17.5 Å². The molecule has 32 heavy (non-hydrogen) atoms. The van der Waals surface area contributed by atoms with E-state index in [1.54, 1.807) is 36.7 Å². The molecule has 0 unspecified atom stereocenters. The molecule has 4 N–H and O–H groups in total. The van der Waals surface area contributed by atoms with Crippen molar-refractivity contribution in [1.82, 2.24) is 10.6 Å². The zero-order chi connectivity index (χ0) is 22.5. The van der Waals surface area contributed by atoms with Crippen LogP contribution in [0, 0.1) is 0 Å². The van der Waals surface area contributed by atoms with Crippen LogP contribution in [0.3, 0.4) is 0 Å². The normalized spacial score (nSPS) is 12.2. The van der Waals surface area contributed by atoms with Gasteiger partial charge in [-0.05, 0) is 53.1 Å². The van der Waals surface area contributed by atoms with Crippen molar-refractivity contribution in [2.45, 2.75) is 19.6 Å². The maximum Gasteiger partial charge on any atom is 0.347 e. The van der Waals surface area contributed by atoms with Gasteiger partial charge in [0.2, 0.25) is 0 Å². The van der Waals surface area contributed by atoms with Crippen LogP contribution in [0.2, 0.25) is 0 Å². The number of hydrogen-bond donors (Lipinski definition) is 3. The highest BCUT2D eigenvalue weighted by Gasteiger charge is 2.16. The summed E-state index contributed by atoms with van der Waals surface area (Å²) in [5.74, 6) is 0.752. The van der Waals surface area contributed by atoms with E-state index in [9.17, 15) is 9.59 Å². The third-order valence-corrected chi connectivity index (χ3v) is 5.47. The lowest BCUT2D eigenvalue weighted by Crippen LogP contribution is -2.82. The summed E-state index contributed by atoms with van der Waals surface area (Å²) >= 11 is 0. The molecule has 0 spiro atoms. The van der Waals surface area contributed by atoms with Crippen molar-refractivity contribution in [3.8, 4) is 11.5 Å². The van der Waals surface area contributed by atoms with Crippen LogP contribution >= 0.6 is 0 Å². The van der Waals surface area contributed by atoms with Gasteiger partial charge < -0.3 is 20.1 Å². The highest BCUT2D eigenvalue weighted by molar-refractivity contribution is 5.95. The molecule has 0 aliphatic carbocycles. The Hall–Kier alpha value is -3.68. The standard InChI is InChI=1S/C25H25N3O4/c1-31-22-9-7-18(12-23(22)32-2)24(29)27-13-16-4-3-5-17(10-16)25(30)28-21-8-6-19-14-26-15-20(19)11-21/h3-12,26H,13-15H2,1-2H3,(H,27,29)(H,28,30)/p+1. The molecule has 3 aromatic rings. The molecule has 0 atom stereocenters. The molecule has 0 bridgehead atoms. The Kier molecular flexibility index (Phi) is 6.49. The van der Waals surface area contributed by atoms with E-state index in [2.05, 4.69) is 22.8 Å². The number of fused-ring (bicyclic) bond motifs is 1. The van der Waals surface area contributed by atoms with E-state index in [0.29, 0.717) is 29.2 Å². The highest BCUT2D eigenvalue weighted by atomic mass is 16.5. The minimum absolute atomic E-state index is 0.0658. The van der Waals surface area contributed by atoms with Crippen LogP contribution in [0.1, 0.15) is 37.4 Å². The van der Waals surface area contributed by atoms with Crippen LogP contribution in [-0.2, 0) is 19.6 Å². The molecular formula is C25H26N3O4+. The fraction of sp³-hybridized carbons (Fsp3) is 0.200. The largest absolute Gasteiger partial charge is 0.493 e. The maximum absolute atomic E-state index is 12.8. The second kappa shape index (κ2) is 9.64. The molecule has 164 valence electrons. The zero-order valence-electron chi connectivity index (χ0n) is 18.1. The first kappa shape index (κ1) is 21.5. The van der Waals surface area contributed by atoms with Crippen molar-refractivity contribution in [2.75, 3.05) is 14.2 Å². The fourth-order valence-electron chi connectivity index (χ4n) is 3.74. The van der Waals surface area contributed by atoms with Crippen molar-refractivity contribution < 1.29 is 24.4 Å². The molecule has 0 radical (unpaired) electrons. The quantitative estimate of drug-likeness (QED) is 0.498. The Labute approximate surface area is 186 Å². The summed E-state index contributed by atoms with van der Waals surface area (Å²) in [6.07, 6.45) is 0.